The van der Waals surface area contributed by atoms with Gasteiger partial charge in [0.05, 0.1) is 5.52 Å². The van der Waals surface area contributed by atoms with Crippen LogP contribution in [0.3, 0.4) is 0 Å². The van der Waals surface area contributed by atoms with Crippen LogP contribution in [0.15, 0.2) is 48.5 Å². The van der Waals surface area contributed by atoms with Gasteiger partial charge in [0.2, 0.25) is 0 Å². The Morgan fingerprint density at radius 2 is 1.50 bits per heavy atom. The zero-order chi connectivity index (χ0) is 14.9. The quantitative estimate of drug-likeness (QED) is 0.549. The number of aryl methyl sites for hydroxylation is 2. The molecule has 1 aliphatic carbocycles. The average molecular weight is 289 g/mol. The first-order chi connectivity index (χ1) is 10.8. The first kappa shape index (κ1) is 13.6. The Kier molecular flexibility index (Phi) is 3.49. The van der Waals surface area contributed by atoms with Gasteiger partial charge < -0.3 is 4.57 Å². The summed E-state index contributed by atoms with van der Waals surface area (Å²) >= 11 is 0. The SMILES string of the molecule is Cc1ccc(-n2c3c(c4ccccc42)CCCCCC3)cc1. The maximum Gasteiger partial charge on any atom is 0.0534 e. The summed E-state index contributed by atoms with van der Waals surface area (Å²) in [5, 5.41) is 1.46. The van der Waals surface area contributed by atoms with Crippen molar-refractivity contribution >= 4 is 10.9 Å². The lowest BCUT2D eigenvalue weighted by molar-refractivity contribution is 0.608. The Balaban J connectivity index is 1.99. The smallest absolute Gasteiger partial charge is 0.0534 e. The summed E-state index contributed by atoms with van der Waals surface area (Å²) in [6, 6.07) is 17.9. The van der Waals surface area contributed by atoms with Crippen molar-refractivity contribution in [1.82, 2.24) is 4.57 Å². The van der Waals surface area contributed by atoms with Gasteiger partial charge in [-0.2, -0.15) is 0 Å². The molecule has 22 heavy (non-hydrogen) atoms. The highest BCUT2D eigenvalue weighted by atomic mass is 15.0. The molecular formula is C21H23N. The zero-order valence-electron chi connectivity index (χ0n) is 13.3. The molecule has 0 saturated carbocycles. The second kappa shape index (κ2) is 5.64. The lowest BCUT2D eigenvalue weighted by Crippen LogP contribution is -2.05. The van der Waals surface area contributed by atoms with Crippen molar-refractivity contribution in [3.8, 4) is 5.69 Å². The Hall–Kier alpha value is -2.02. The monoisotopic (exact) mass is 289 g/mol. The standard InChI is InChI=1S/C21H23N/c1-16-12-14-17(15-13-16)22-20-10-5-3-2-4-8-18(20)19-9-6-7-11-21(19)22/h6-7,9,11-15H,2-5,8,10H2,1H3. The molecule has 1 heterocycles. The predicted molar refractivity (Wildman–Crippen MR) is 93.9 cm³/mol. The number of hydrogen-bond donors (Lipinski definition) is 0. The summed E-state index contributed by atoms with van der Waals surface area (Å²) in [6.07, 6.45) is 7.83. The van der Waals surface area contributed by atoms with Crippen molar-refractivity contribution in [2.45, 2.75) is 45.4 Å². The van der Waals surface area contributed by atoms with Crippen LogP contribution in [-0.4, -0.2) is 4.57 Å². The van der Waals surface area contributed by atoms with Crippen LogP contribution in [0.5, 0.6) is 0 Å². The number of benzene rings is 2. The Labute approximate surface area is 132 Å². The number of rotatable bonds is 1. The average Bonchev–Trinajstić information content (AvgIpc) is 2.81. The number of fused-ring (bicyclic) bond motifs is 3. The van der Waals surface area contributed by atoms with E-state index in [0.717, 1.165) is 0 Å². The Morgan fingerprint density at radius 1 is 0.773 bits per heavy atom. The molecule has 0 N–H and O–H groups in total. The summed E-state index contributed by atoms with van der Waals surface area (Å²) in [5.41, 5.74) is 7.14. The molecule has 0 unspecified atom stereocenters. The Bertz CT molecular complexity index is 793. The first-order valence-electron chi connectivity index (χ1n) is 8.53. The van der Waals surface area contributed by atoms with Gasteiger partial charge >= 0.3 is 0 Å². The van der Waals surface area contributed by atoms with Gasteiger partial charge in [0, 0.05) is 16.8 Å². The minimum absolute atomic E-state index is 1.21. The molecular weight excluding hydrogens is 266 g/mol. The first-order valence-corrected chi connectivity index (χ1v) is 8.53. The van der Waals surface area contributed by atoms with Gasteiger partial charge in [0.25, 0.3) is 0 Å². The van der Waals surface area contributed by atoms with Gasteiger partial charge in [-0.1, -0.05) is 48.7 Å². The third-order valence-electron chi connectivity index (χ3n) is 4.97. The van der Waals surface area contributed by atoms with Gasteiger partial charge in [-0.3, -0.25) is 0 Å². The van der Waals surface area contributed by atoms with E-state index < -0.39 is 0 Å². The molecule has 4 rings (SSSR count). The van der Waals surface area contributed by atoms with Crippen LogP contribution in [0.1, 0.15) is 42.5 Å². The number of nitrogens with zero attached hydrogens (tertiary/aromatic N) is 1. The predicted octanol–water partition coefficient (Wildman–Crippen LogP) is 5.60. The van der Waals surface area contributed by atoms with Crippen molar-refractivity contribution in [3.63, 3.8) is 0 Å². The van der Waals surface area contributed by atoms with E-state index in [-0.39, 0.29) is 0 Å². The number of aromatic nitrogens is 1. The molecule has 1 nitrogen and oxygen atoms in total. The summed E-state index contributed by atoms with van der Waals surface area (Å²) in [4.78, 5) is 0. The summed E-state index contributed by atoms with van der Waals surface area (Å²) in [5.74, 6) is 0. The molecule has 0 radical (unpaired) electrons. The summed E-state index contributed by atoms with van der Waals surface area (Å²) in [7, 11) is 0. The lowest BCUT2D eigenvalue weighted by atomic mass is 9.96. The zero-order valence-corrected chi connectivity index (χ0v) is 13.3. The normalized spacial score (nSPS) is 15.3. The van der Waals surface area contributed by atoms with E-state index in [4.69, 9.17) is 0 Å². The van der Waals surface area contributed by atoms with Crippen molar-refractivity contribution in [2.24, 2.45) is 0 Å². The number of para-hydroxylation sites is 1. The molecule has 0 atom stereocenters. The topological polar surface area (TPSA) is 4.93 Å². The van der Waals surface area contributed by atoms with Crippen LogP contribution in [0.4, 0.5) is 0 Å². The Morgan fingerprint density at radius 3 is 2.32 bits per heavy atom. The van der Waals surface area contributed by atoms with Gasteiger partial charge in [-0.25, -0.2) is 0 Å². The van der Waals surface area contributed by atoms with Crippen LogP contribution in [0.25, 0.3) is 16.6 Å². The molecule has 0 fully saturated rings. The minimum atomic E-state index is 1.21. The fourth-order valence-electron chi connectivity index (χ4n) is 3.84. The van der Waals surface area contributed by atoms with Gasteiger partial charge in [0.1, 0.15) is 0 Å². The van der Waals surface area contributed by atoms with E-state index in [9.17, 15) is 0 Å². The molecule has 112 valence electrons. The molecule has 0 aliphatic heterocycles. The minimum Gasteiger partial charge on any atom is -0.313 e. The fraction of sp³-hybridized carbons (Fsp3) is 0.333. The van der Waals surface area contributed by atoms with Gasteiger partial charge in [-0.15, -0.1) is 0 Å². The summed E-state index contributed by atoms with van der Waals surface area (Å²) in [6.45, 7) is 2.15. The summed E-state index contributed by atoms with van der Waals surface area (Å²) < 4.78 is 2.51. The van der Waals surface area contributed by atoms with Crippen LogP contribution >= 0.6 is 0 Å². The van der Waals surface area contributed by atoms with Crippen molar-refractivity contribution in [2.75, 3.05) is 0 Å². The highest BCUT2D eigenvalue weighted by Crippen LogP contribution is 2.33. The maximum atomic E-state index is 2.51. The van der Waals surface area contributed by atoms with Crippen LogP contribution in [0, 0.1) is 6.92 Å². The second-order valence-electron chi connectivity index (χ2n) is 6.53. The lowest BCUT2D eigenvalue weighted by Gasteiger charge is -2.15. The third-order valence-corrected chi connectivity index (χ3v) is 4.97. The molecule has 3 aromatic rings. The van der Waals surface area contributed by atoms with E-state index in [1.54, 1.807) is 11.3 Å². The van der Waals surface area contributed by atoms with Crippen molar-refractivity contribution < 1.29 is 0 Å². The number of hydrogen-bond acceptors (Lipinski definition) is 0. The largest absolute Gasteiger partial charge is 0.313 e. The molecule has 0 saturated heterocycles. The van der Waals surface area contributed by atoms with Gasteiger partial charge in [0.15, 0.2) is 0 Å². The highest BCUT2D eigenvalue weighted by molar-refractivity contribution is 5.87. The molecule has 1 aliphatic rings. The van der Waals surface area contributed by atoms with Crippen LogP contribution in [0.2, 0.25) is 0 Å². The molecule has 1 heteroatoms. The van der Waals surface area contributed by atoms with Crippen molar-refractivity contribution in [3.05, 3.63) is 65.4 Å². The van der Waals surface area contributed by atoms with Crippen LogP contribution < -0.4 is 0 Å². The van der Waals surface area contributed by atoms with E-state index in [0.29, 0.717) is 0 Å². The third kappa shape index (κ3) is 2.25. The molecule has 0 bridgehead atoms. The molecule has 0 amide bonds. The molecule has 1 aromatic heterocycles. The van der Waals surface area contributed by atoms with E-state index >= 15 is 0 Å². The van der Waals surface area contributed by atoms with Gasteiger partial charge in [-0.05, 0) is 56.4 Å². The molecule has 2 aromatic carbocycles. The molecule has 0 spiro atoms. The second-order valence-corrected chi connectivity index (χ2v) is 6.53. The fourth-order valence-corrected chi connectivity index (χ4v) is 3.84. The van der Waals surface area contributed by atoms with E-state index in [1.165, 1.54) is 60.7 Å². The van der Waals surface area contributed by atoms with Crippen LogP contribution in [-0.2, 0) is 12.8 Å². The van der Waals surface area contributed by atoms with Crippen molar-refractivity contribution in [1.29, 1.82) is 0 Å². The maximum absolute atomic E-state index is 2.51. The highest BCUT2D eigenvalue weighted by Gasteiger charge is 2.18. The van der Waals surface area contributed by atoms with E-state index in [1.807, 2.05) is 0 Å². The van der Waals surface area contributed by atoms with E-state index in [2.05, 4.69) is 60.0 Å².